The van der Waals surface area contributed by atoms with Crippen LogP contribution in [0, 0.1) is 19.3 Å². The Morgan fingerprint density at radius 3 is 2.79 bits per heavy atom. The van der Waals surface area contributed by atoms with Gasteiger partial charge in [-0.15, -0.1) is 0 Å². The van der Waals surface area contributed by atoms with Crippen LogP contribution in [0.4, 0.5) is 5.69 Å². The van der Waals surface area contributed by atoms with E-state index in [0.29, 0.717) is 0 Å². The van der Waals surface area contributed by atoms with Crippen molar-refractivity contribution >= 4 is 11.6 Å². The fraction of sp³-hybridized carbons (Fsp3) is 0.714. The van der Waals surface area contributed by atoms with Gasteiger partial charge in [-0.2, -0.15) is 5.10 Å². The number of anilines is 1. The van der Waals surface area contributed by atoms with Gasteiger partial charge in [-0.3, -0.25) is 9.89 Å². The molecule has 1 unspecified atom stereocenters. The van der Waals surface area contributed by atoms with Crippen molar-refractivity contribution in [2.24, 2.45) is 5.41 Å². The maximum Gasteiger partial charge on any atom is 0.231 e. The first kappa shape index (κ1) is 14.1. The van der Waals surface area contributed by atoms with E-state index < -0.39 is 0 Å². The first-order valence-electron chi connectivity index (χ1n) is 7.13. The Bertz CT molecular complexity index is 421. The van der Waals surface area contributed by atoms with E-state index in [-0.39, 0.29) is 11.3 Å². The van der Waals surface area contributed by atoms with Crippen LogP contribution in [0.3, 0.4) is 0 Å². The van der Waals surface area contributed by atoms with Crippen LogP contribution < -0.4 is 10.6 Å². The number of carbonyl (C=O) groups is 1. The van der Waals surface area contributed by atoms with Gasteiger partial charge in [0.05, 0.1) is 22.5 Å². The van der Waals surface area contributed by atoms with Crippen LogP contribution in [0.25, 0.3) is 0 Å². The van der Waals surface area contributed by atoms with E-state index in [4.69, 9.17) is 0 Å². The third-order valence-electron chi connectivity index (χ3n) is 4.05. The fourth-order valence-electron chi connectivity index (χ4n) is 2.95. The number of aromatic nitrogens is 2. The molecule has 2 heterocycles. The quantitative estimate of drug-likeness (QED) is 0.780. The molecule has 1 atom stereocenters. The number of aromatic amines is 1. The third kappa shape index (κ3) is 2.81. The van der Waals surface area contributed by atoms with Crippen LogP contribution in [0.2, 0.25) is 0 Å². The number of nitrogens with one attached hydrogen (secondary N) is 3. The Hall–Kier alpha value is -1.36. The summed E-state index contributed by atoms with van der Waals surface area (Å²) in [7, 11) is 0. The van der Waals surface area contributed by atoms with Gasteiger partial charge in [-0.1, -0.05) is 13.3 Å². The summed E-state index contributed by atoms with van der Waals surface area (Å²) in [5, 5.41) is 13.5. The summed E-state index contributed by atoms with van der Waals surface area (Å²) in [6, 6.07) is 0. The minimum Gasteiger partial charge on any atom is -0.322 e. The van der Waals surface area contributed by atoms with Gasteiger partial charge in [-0.25, -0.2) is 0 Å². The highest BCUT2D eigenvalue weighted by Gasteiger charge is 2.39. The van der Waals surface area contributed by atoms with Crippen molar-refractivity contribution < 1.29 is 4.79 Å². The minimum absolute atomic E-state index is 0.133. The summed E-state index contributed by atoms with van der Waals surface area (Å²) in [6.45, 7) is 7.77. The summed E-state index contributed by atoms with van der Waals surface area (Å²) in [5.41, 5.74) is 2.34. The molecule has 106 valence electrons. The molecule has 1 amide bonds. The third-order valence-corrected chi connectivity index (χ3v) is 4.05. The molecule has 0 aliphatic carbocycles. The maximum absolute atomic E-state index is 12.7. The Morgan fingerprint density at radius 2 is 2.26 bits per heavy atom. The summed E-state index contributed by atoms with van der Waals surface area (Å²) in [6.07, 6.45) is 3.99. The first-order chi connectivity index (χ1) is 9.09. The van der Waals surface area contributed by atoms with Crippen molar-refractivity contribution in [2.45, 2.75) is 46.5 Å². The molecule has 0 aromatic carbocycles. The molecule has 0 radical (unpaired) electrons. The lowest BCUT2D eigenvalue weighted by Crippen LogP contribution is -2.48. The van der Waals surface area contributed by atoms with Crippen molar-refractivity contribution in [3.05, 3.63) is 11.4 Å². The zero-order chi connectivity index (χ0) is 13.9. The second-order valence-electron chi connectivity index (χ2n) is 5.57. The molecule has 19 heavy (non-hydrogen) atoms. The first-order valence-corrected chi connectivity index (χ1v) is 7.13. The molecule has 1 aliphatic rings. The average molecular weight is 264 g/mol. The van der Waals surface area contributed by atoms with Gasteiger partial charge < -0.3 is 10.6 Å². The molecule has 1 aliphatic heterocycles. The highest BCUT2D eigenvalue weighted by atomic mass is 16.2. The number of hydrogen-bond donors (Lipinski definition) is 3. The minimum atomic E-state index is -0.261. The molecule has 2 rings (SSSR count). The maximum atomic E-state index is 12.7. The van der Waals surface area contributed by atoms with E-state index in [1.807, 2.05) is 13.8 Å². The van der Waals surface area contributed by atoms with Crippen molar-refractivity contribution in [1.82, 2.24) is 15.5 Å². The van der Waals surface area contributed by atoms with E-state index in [0.717, 1.165) is 55.8 Å². The molecule has 5 nitrogen and oxygen atoms in total. The summed E-state index contributed by atoms with van der Waals surface area (Å²) in [4.78, 5) is 12.7. The highest BCUT2D eigenvalue weighted by Crippen LogP contribution is 2.33. The van der Waals surface area contributed by atoms with E-state index in [2.05, 4.69) is 27.8 Å². The number of nitrogens with zero attached hydrogens (tertiary/aromatic N) is 1. The lowest BCUT2D eigenvalue weighted by Gasteiger charge is -2.36. The van der Waals surface area contributed by atoms with Crippen molar-refractivity contribution in [1.29, 1.82) is 0 Å². The number of amides is 1. The van der Waals surface area contributed by atoms with E-state index in [9.17, 15) is 4.79 Å². The van der Waals surface area contributed by atoms with Gasteiger partial charge in [0.1, 0.15) is 0 Å². The summed E-state index contributed by atoms with van der Waals surface area (Å²) < 4.78 is 0. The standard InChI is InChI=1S/C14H24N4O/c1-4-6-14(7-5-8-15-9-14)13(19)16-12-10(2)17-18-11(12)3/h15H,4-9H2,1-3H3,(H,16,19)(H,17,18). The van der Waals surface area contributed by atoms with Crippen molar-refractivity contribution in [3.63, 3.8) is 0 Å². The van der Waals surface area contributed by atoms with Crippen LogP contribution >= 0.6 is 0 Å². The number of piperidine rings is 1. The lowest BCUT2D eigenvalue weighted by atomic mass is 9.76. The fourth-order valence-corrected chi connectivity index (χ4v) is 2.95. The molecule has 1 saturated heterocycles. The molecule has 5 heteroatoms. The Labute approximate surface area is 114 Å². The van der Waals surface area contributed by atoms with Gasteiger partial charge in [-0.05, 0) is 39.7 Å². The molecular weight excluding hydrogens is 240 g/mol. The van der Waals surface area contributed by atoms with E-state index in [1.165, 1.54) is 0 Å². The largest absolute Gasteiger partial charge is 0.322 e. The van der Waals surface area contributed by atoms with Gasteiger partial charge in [0.2, 0.25) is 5.91 Å². The Morgan fingerprint density at radius 1 is 1.47 bits per heavy atom. The van der Waals surface area contributed by atoms with Gasteiger partial charge in [0, 0.05) is 6.54 Å². The predicted octanol–water partition coefficient (Wildman–Crippen LogP) is 2.13. The van der Waals surface area contributed by atoms with Crippen LogP contribution in [0.5, 0.6) is 0 Å². The second-order valence-corrected chi connectivity index (χ2v) is 5.57. The topological polar surface area (TPSA) is 69.8 Å². The molecule has 0 bridgehead atoms. The van der Waals surface area contributed by atoms with E-state index in [1.54, 1.807) is 0 Å². The smallest absolute Gasteiger partial charge is 0.231 e. The molecule has 1 fully saturated rings. The number of H-pyrrole nitrogens is 1. The summed E-state index contributed by atoms with van der Waals surface area (Å²) >= 11 is 0. The number of hydrogen-bond acceptors (Lipinski definition) is 3. The number of rotatable bonds is 4. The zero-order valence-corrected chi connectivity index (χ0v) is 12.1. The highest BCUT2D eigenvalue weighted by molar-refractivity contribution is 5.96. The lowest BCUT2D eigenvalue weighted by molar-refractivity contribution is -0.127. The van der Waals surface area contributed by atoms with Crippen LogP contribution in [-0.4, -0.2) is 29.2 Å². The monoisotopic (exact) mass is 264 g/mol. The van der Waals surface area contributed by atoms with Crippen molar-refractivity contribution in [3.8, 4) is 0 Å². The summed E-state index contributed by atoms with van der Waals surface area (Å²) in [5.74, 6) is 0.133. The average Bonchev–Trinajstić information content (AvgIpc) is 2.72. The SMILES string of the molecule is CCCC1(C(=O)Nc2c(C)n[nH]c2C)CCCNC1. The van der Waals surface area contributed by atoms with Crippen LogP contribution in [0.1, 0.15) is 44.0 Å². The number of aryl methyl sites for hydroxylation is 2. The Kier molecular flexibility index (Phi) is 4.24. The zero-order valence-electron chi connectivity index (χ0n) is 12.1. The van der Waals surface area contributed by atoms with Crippen LogP contribution in [-0.2, 0) is 4.79 Å². The second kappa shape index (κ2) is 5.74. The predicted molar refractivity (Wildman–Crippen MR) is 76.1 cm³/mol. The van der Waals surface area contributed by atoms with Crippen molar-refractivity contribution in [2.75, 3.05) is 18.4 Å². The molecular formula is C14H24N4O. The molecule has 3 N–H and O–H groups in total. The Balaban J connectivity index is 2.16. The molecule has 0 saturated carbocycles. The molecule has 0 spiro atoms. The normalized spacial score (nSPS) is 23.3. The van der Waals surface area contributed by atoms with Gasteiger partial charge in [0.25, 0.3) is 0 Å². The van der Waals surface area contributed by atoms with Crippen LogP contribution in [0.15, 0.2) is 0 Å². The number of carbonyl (C=O) groups excluding carboxylic acids is 1. The van der Waals surface area contributed by atoms with Gasteiger partial charge in [0.15, 0.2) is 0 Å². The molecule has 1 aromatic rings. The molecule has 1 aromatic heterocycles. The van der Waals surface area contributed by atoms with E-state index >= 15 is 0 Å². The van der Waals surface area contributed by atoms with Gasteiger partial charge >= 0.3 is 0 Å².